The molecule has 1 atom stereocenters. The van der Waals surface area contributed by atoms with Crippen molar-refractivity contribution in [3.63, 3.8) is 0 Å². The van der Waals surface area contributed by atoms with Crippen LogP contribution in [0.1, 0.15) is 30.6 Å². The first-order chi connectivity index (χ1) is 10.1. The molecule has 2 nitrogen and oxygen atoms in total. The summed E-state index contributed by atoms with van der Waals surface area (Å²) in [5, 5.41) is 11.5. The second-order valence-corrected chi connectivity index (χ2v) is 5.65. The van der Waals surface area contributed by atoms with Gasteiger partial charge in [-0.2, -0.15) is 0 Å². The predicted molar refractivity (Wildman–Crippen MR) is 87.4 cm³/mol. The molecule has 0 aliphatic carbocycles. The minimum atomic E-state index is -0.650. The van der Waals surface area contributed by atoms with Gasteiger partial charge in [0.2, 0.25) is 0 Å². The molecule has 0 saturated carbocycles. The normalized spacial score (nSPS) is 12.2. The summed E-state index contributed by atoms with van der Waals surface area (Å²) in [5.41, 5.74) is 1.58. The number of rotatable bonds is 6. The van der Waals surface area contributed by atoms with Gasteiger partial charge in [-0.1, -0.05) is 48.3 Å². The maximum atomic E-state index is 10.3. The molecule has 2 rings (SSSR count). The van der Waals surface area contributed by atoms with Gasteiger partial charge in [-0.3, -0.25) is 0 Å². The molecule has 0 aliphatic heterocycles. The molecule has 1 N–H and O–H groups in total. The van der Waals surface area contributed by atoms with Crippen molar-refractivity contribution in [2.24, 2.45) is 0 Å². The van der Waals surface area contributed by atoms with Crippen molar-refractivity contribution in [2.75, 3.05) is 6.61 Å². The molecule has 2 aromatic carbocycles. The highest BCUT2D eigenvalue weighted by atomic mass is 35.5. The largest absolute Gasteiger partial charge is 0.494 e. The molecule has 0 heterocycles. The van der Waals surface area contributed by atoms with Crippen LogP contribution in [-0.2, 0) is 6.42 Å². The van der Waals surface area contributed by atoms with Crippen LogP contribution >= 0.6 is 23.2 Å². The molecule has 112 valence electrons. The fourth-order valence-corrected chi connectivity index (χ4v) is 2.60. The monoisotopic (exact) mass is 324 g/mol. The summed E-state index contributed by atoms with van der Waals surface area (Å²) in [4.78, 5) is 0. The fraction of sp³-hybridized carbons (Fsp3) is 0.294. The third-order valence-corrected chi connectivity index (χ3v) is 3.91. The lowest BCUT2D eigenvalue weighted by molar-refractivity contribution is 0.178. The van der Waals surface area contributed by atoms with Crippen molar-refractivity contribution in [2.45, 2.75) is 25.9 Å². The summed E-state index contributed by atoms with van der Waals surface area (Å²) < 4.78 is 5.52. The second-order valence-electron chi connectivity index (χ2n) is 4.84. The number of aliphatic hydroxyl groups is 1. The van der Waals surface area contributed by atoms with Crippen LogP contribution in [0.3, 0.4) is 0 Å². The van der Waals surface area contributed by atoms with E-state index in [0.29, 0.717) is 23.1 Å². The Morgan fingerprint density at radius 3 is 2.24 bits per heavy atom. The van der Waals surface area contributed by atoms with Gasteiger partial charge < -0.3 is 9.84 Å². The van der Waals surface area contributed by atoms with E-state index < -0.39 is 6.10 Å². The van der Waals surface area contributed by atoms with E-state index >= 15 is 0 Å². The summed E-state index contributed by atoms with van der Waals surface area (Å²) in [5.74, 6) is 0.809. The van der Waals surface area contributed by atoms with E-state index in [2.05, 4.69) is 6.92 Å². The minimum absolute atomic E-state index is 0.383. The van der Waals surface area contributed by atoms with E-state index in [4.69, 9.17) is 27.9 Å². The molecule has 0 amide bonds. The Kier molecular flexibility index (Phi) is 5.92. The quantitative estimate of drug-likeness (QED) is 0.804. The third-order valence-electron chi connectivity index (χ3n) is 3.20. The molecule has 0 saturated heterocycles. The molecule has 0 bridgehead atoms. The summed E-state index contributed by atoms with van der Waals surface area (Å²) >= 11 is 12.3. The molecule has 0 fully saturated rings. The zero-order valence-corrected chi connectivity index (χ0v) is 13.4. The van der Waals surface area contributed by atoms with E-state index in [1.807, 2.05) is 24.3 Å². The lowest BCUT2D eigenvalue weighted by atomic mass is 10.0. The van der Waals surface area contributed by atoms with Crippen LogP contribution in [0.4, 0.5) is 0 Å². The number of benzene rings is 2. The fourth-order valence-electron chi connectivity index (χ4n) is 2.04. The number of hydrogen-bond donors (Lipinski definition) is 1. The van der Waals surface area contributed by atoms with E-state index in [-0.39, 0.29) is 0 Å². The SMILES string of the molecule is CCCOc1ccc(C(O)Cc2c(Cl)cccc2Cl)cc1. The molecular formula is C17H18Cl2O2. The van der Waals surface area contributed by atoms with Gasteiger partial charge in [0, 0.05) is 16.5 Å². The predicted octanol–water partition coefficient (Wildman–Crippen LogP) is 5.06. The van der Waals surface area contributed by atoms with Gasteiger partial charge in [-0.15, -0.1) is 0 Å². The first kappa shape index (κ1) is 16.2. The van der Waals surface area contributed by atoms with E-state index in [1.165, 1.54) is 0 Å². The van der Waals surface area contributed by atoms with Crippen LogP contribution in [0.5, 0.6) is 5.75 Å². The Hall–Kier alpha value is -1.22. The molecule has 1 unspecified atom stereocenters. The number of hydrogen-bond acceptors (Lipinski definition) is 2. The van der Waals surface area contributed by atoms with Crippen LogP contribution < -0.4 is 4.74 Å². The molecule has 0 aromatic heterocycles. The maximum Gasteiger partial charge on any atom is 0.119 e. The van der Waals surface area contributed by atoms with Gasteiger partial charge in [0.15, 0.2) is 0 Å². The topological polar surface area (TPSA) is 29.5 Å². The molecule has 21 heavy (non-hydrogen) atoms. The first-order valence-corrected chi connectivity index (χ1v) is 7.71. The minimum Gasteiger partial charge on any atom is -0.494 e. The van der Waals surface area contributed by atoms with Gasteiger partial charge in [-0.25, -0.2) is 0 Å². The third kappa shape index (κ3) is 4.37. The van der Waals surface area contributed by atoms with Crippen LogP contribution in [0.15, 0.2) is 42.5 Å². The van der Waals surface area contributed by atoms with E-state index in [1.54, 1.807) is 18.2 Å². The van der Waals surface area contributed by atoms with Crippen molar-refractivity contribution >= 4 is 23.2 Å². The number of ether oxygens (including phenoxy) is 1. The van der Waals surface area contributed by atoms with Gasteiger partial charge in [-0.05, 0) is 41.8 Å². The Morgan fingerprint density at radius 2 is 1.67 bits per heavy atom. The molecule has 0 spiro atoms. The number of aliphatic hydroxyl groups excluding tert-OH is 1. The van der Waals surface area contributed by atoms with Crippen LogP contribution in [0.2, 0.25) is 10.0 Å². The summed E-state index contributed by atoms with van der Waals surface area (Å²) in [6, 6.07) is 12.8. The Bertz CT molecular complexity index is 562. The van der Waals surface area contributed by atoms with Crippen molar-refractivity contribution in [3.05, 3.63) is 63.6 Å². The molecule has 0 radical (unpaired) electrons. The van der Waals surface area contributed by atoms with Gasteiger partial charge in [0.05, 0.1) is 12.7 Å². The molecule has 0 aliphatic rings. The van der Waals surface area contributed by atoms with Crippen molar-refractivity contribution in [1.29, 1.82) is 0 Å². The van der Waals surface area contributed by atoms with Gasteiger partial charge in [0.25, 0.3) is 0 Å². The van der Waals surface area contributed by atoms with Crippen molar-refractivity contribution < 1.29 is 9.84 Å². The first-order valence-electron chi connectivity index (χ1n) is 6.95. The van der Waals surface area contributed by atoms with Gasteiger partial charge in [0.1, 0.15) is 5.75 Å². The number of halogens is 2. The van der Waals surface area contributed by atoms with Crippen molar-refractivity contribution in [3.8, 4) is 5.75 Å². The Labute approximate surface area is 135 Å². The van der Waals surface area contributed by atoms with Crippen LogP contribution in [0.25, 0.3) is 0 Å². The van der Waals surface area contributed by atoms with Crippen molar-refractivity contribution in [1.82, 2.24) is 0 Å². The molecule has 4 heteroatoms. The highest BCUT2D eigenvalue weighted by Gasteiger charge is 2.13. The van der Waals surface area contributed by atoms with E-state index in [0.717, 1.165) is 23.3 Å². The summed E-state index contributed by atoms with van der Waals surface area (Å²) in [6.07, 6.45) is 0.700. The van der Waals surface area contributed by atoms with Crippen LogP contribution in [0, 0.1) is 0 Å². The van der Waals surface area contributed by atoms with E-state index in [9.17, 15) is 5.11 Å². The standard InChI is InChI=1S/C17H18Cl2O2/c1-2-10-21-13-8-6-12(7-9-13)17(20)11-14-15(18)4-3-5-16(14)19/h3-9,17,20H,2,10-11H2,1H3. The highest BCUT2D eigenvalue weighted by molar-refractivity contribution is 6.36. The summed E-state index contributed by atoms with van der Waals surface area (Å²) in [6.45, 7) is 2.75. The average Bonchev–Trinajstić information content (AvgIpc) is 2.49. The maximum absolute atomic E-state index is 10.3. The smallest absolute Gasteiger partial charge is 0.119 e. The van der Waals surface area contributed by atoms with Crippen LogP contribution in [-0.4, -0.2) is 11.7 Å². The Morgan fingerprint density at radius 1 is 1.05 bits per heavy atom. The molecular weight excluding hydrogens is 307 g/mol. The Balaban J connectivity index is 2.08. The van der Waals surface area contributed by atoms with Gasteiger partial charge >= 0.3 is 0 Å². The lowest BCUT2D eigenvalue weighted by Crippen LogP contribution is -2.03. The molecule has 2 aromatic rings. The highest BCUT2D eigenvalue weighted by Crippen LogP contribution is 2.29. The lowest BCUT2D eigenvalue weighted by Gasteiger charge is -2.14. The zero-order chi connectivity index (χ0) is 15.2. The second kappa shape index (κ2) is 7.69. The summed E-state index contributed by atoms with van der Waals surface area (Å²) in [7, 11) is 0. The average molecular weight is 325 g/mol. The zero-order valence-electron chi connectivity index (χ0n) is 11.9.